The largest absolute Gasteiger partial charge is 0.497 e. The van der Waals surface area contributed by atoms with Crippen LogP contribution in [0.25, 0.3) is 0 Å². The topological polar surface area (TPSA) is 79.4 Å². The Kier molecular flexibility index (Phi) is 10.8. The van der Waals surface area contributed by atoms with Gasteiger partial charge in [0.05, 0.1) is 17.8 Å². The third-order valence-corrected chi connectivity index (χ3v) is 9.12. The quantitative estimate of drug-likeness (QED) is 0.401. The number of nitrogens with zero attached hydrogens (tertiary/aromatic N) is 3. The molecule has 2 saturated heterocycles. The lowest BCUT2D eigenvalue weighted by molar-refractivity contribution is -0.137. The van der Waals surface area contributed by atoms with Crippen LogP contribution in [0.2, 0.25) is 0 Å². The standard InChI is InChI=1S/C26H43N3O5S/c1-22-19-24(33-3)20-23(2)26(22)35(31,32)18-8-17-34-21-25(30)29-15-13-28(14-16-29)12-7-11-27-9-5-4-6-10-27/h19-20H,4-18,21H2,1-3H3. The van der Waals surface area contributed by atoms with Gasteiger partial charge in [0.2, 0.25) is 5.91 Å². The summed E-state index contributed by atoms with van der Waals surface area (Å²) in [6.45, 7) is 11.9. The van der Waals surface area contributed by atoms with Gasteiger partial charge in [-0.3, -0.25) is 9.69 Å². The molecule has 0 aromatic heterocycles. The highest BCUT2D eigenvalue weighted by molar-refractivity contribution is 7.91. The number of piperazine rings is 1. The van der Waals surface area contributed by atoms with Gasteiger partial charge in [0.1, 0.15) is 12.4 Å². The molecular formula is C26H43N3O5S. The van der Waals surface area contributed by atoms with Crippen LogP contribution in [-0.2, 0) is 19.4 Å². The summed E-state index contributed by atoms with van der Waals surface area (Å²) >= 11 is 0. The SMILES string of the molecule is COc1cc(C)c(S(=O)(=O)CCCOCC(=O)N2CCN(CCCN3CCCCC3)CC2)c(C)c1. The van der Waals surface area contributed by atoms with Gasteiger partial charge in [0, 0.05) is 32.8 Å². The Morgan fingerprint density at radius 1 is 0.886 bits per heavy atom. The second-order valence-electron chi connectivity index (χ2n) is 9.79. The zero-order valence-corrected chi connectivity index (χ0v) is 22.6. The highest BCUT2D eigenvalue weighted by Crippen LogP contribution is 2.26. The summed E-state index contributed by atoms with van der Waals surface area (Å²) in [6, 6.07) is 3.48. The van der Waals surface area contributed by atoms with Crippen LogP contribution in [-0.4, -0.2) is 107 Å². The molecule has 0 aliphatic carbocycles. The number of methoxy groups -OCH3 is 1. The van der Waals surface area contributed by atoms with E-state index in [1.54, 1.807) is 33.1 Å². The predicted molar refractivity (Wildman–Crippen MR) is 138 cm³/mol. The molecule has 1 amide bonds. The van der Waals surface area contributed by atoms with Gasteiger partial charge < -0.3 is 19.3 Å². The number of hydrogen-bond acceptors (Lipinski definition) is 7. The normalized spacial score (nSPS) is 18.1. The van der Waals surface area contributed by atoms with Crippen LogP contribution in [0.4, 0.5) is 0 Å². The molecule has 198 valence electrons. The van der Waals surface area contributed by atoms with E-state index in [-0.39, 0.29) is 24.9 Å². The van der Waals surface area contributed by atoms with Gasteiger partial charge >= 0.3 is 0 Å². The number of piperidine rings is 1. The highest BCUT2D eigenvalue weighted by Gasteiger charge is 2.22. The molecule has 2 heterocycles. The van der Waals surface area contributed by atoms with Gasteiger partial charge in [-0.05, 0) is 89.0 Å². The summed E-state index contributed by atoms with van der Waals surface area (Å²) in [5.41, 5.74) is 1.37. The van der Waals surface area contributed by atoms with E-state index in [1.165, 1.54) is 45.3 Å². The van der Waals surface area contributed by atoms with Crippen molar-refractivity contribution in [3.63, 3.8) is 0 Å². The van der Waals surface area contributed by atoms with Gasteiger partial charge in [-0.2, -0.15) is 0 Å². The summed E-state index contributed by atoms with van der Waals surface area (Å²) < 4.78 is 36.4. The van der Waals surface area contributed by atoms with Crippen molar-refractivity contribution in [1.29, 1.82) is 0 Å². The van der Waals surface area contributed by atoms with Crippen LogP contribution in [0.3, 0.4) is 0 Å². The minimum Gasteiger partial charge on any atom is -0.497 e. The van der Waals surface area contributed by atoms with E-state index in [4.69, 9.17) is 9.47 Å². The van der Waals surface area contributed by atoms with E-state index in [9.17, 15) is 13.2 Å². The monoisotopic (exact) mass is 509 g/mol. The molecule has 1 aromatic rings. The number of rotatable bonds is 12. The molecule has 2 aliphatic heterocycles. The Labute approximate surface area is 211 Å². The number of amides is 1. The third kappa shape index (κ3) is 8.44. The second-order valence-corrected chi connectivity index (χ2v) is 11.8. The number of hydrogen-bond donors (Lipinski definition) is 0. The van der Waals surface area contributed by atoms with Crippen LogP contribution >= 0.6 is 0 Å². The average Bonchev–Trinajstić information content (AvgIpc) is 2.84. The van der Waals surface area contributed by atoms with Crippen LogP contribution in [0.1, 0.15) is 43.2 Å². The molecule has 1 aromatic carbocycles. The van der Waals surface area contributed by atoms with E-state index in [1.807, 2.05) is 4.90 Å². The van der Waals surface area contributed by atoms with Gasteiger partial charge in [0.25, 0.3) is 0 Å². The Hall–Kier alpha value is -1.68. The molecule has 8 nitrogen and oxygen atoms in total. The maximum atomic E-state index is 12.8. The number of carbonyl (C=O) groups excluding carboxylic acids is 1. The maximum absolute atomic E-state index is 12.8. The molecule has 0 bridgehead atoms. The van der Waals surface area contributed by atoms with E-state index in [2.05, 4.69) is 9.80 Å². The van der Waals surface area contributed by atoms with E-state index in [0.717, 1.165) is 32.7 Å². The minimum atomic E-state index is -3.43. The molecule has 0 atom stereocenters. The Morgan fingerprint density at radius 3 is 2.09 bits per heavy atom. The molecule has 2 aliphatic rings. The molecule has 0 unspecified atom stereocenters. The van der Waals surface area contributed by atoms with Crippen LogP contribution in [0.15, 0.2) is 17.0 Å². The molecule has 35 heavy (non-hydrogen) atoms. The summed E-state index contributed by atoms with van der Waals surface area (Å²) in [7, 11) is -1.86. The van der Waals surface area contributed by atoms with Crippen LogP contribution in [0, 0.1) is 13.8 Å². The lowest BCUT2D eigenvalue weighted by Crippen LogP contribution is -2.50. The van der Waals surface area contributed by atoms with Gasteiger partial charge in [0.15, 0.2) is 9.84 Å². The molecule has 0 spiro atoms. The number of ether oxygens (including phenoxy) is 2. The van der Waals surface area contributed by atoms with Crippen molar-refractivity contribution >= 4 is 15.7 Å². The van der Waals surface area contributed by atoms with Crippen molar-refractivity contribution in [1.82, 2.24) is 14.7 Å². The molecule has 0 saturated carbocycles. The first kappa shape index (κ1) is 27.9. The highest BCUT2D eigenvalue weighted by atomic mass is 32.2. The fourth-order valence-electron chi connectivity index (χ4n) is 5.14. The summed E-state index contributed by atoms with van der Waals surface area (Å²) in [5, 5.41) is 0. The molecule has 3 rings (SSSR count). The number of carbonyl (C=O) groups is 1. The van der Waals surface area contributed by atoms with Crippen molar-refractivity contribution in [2.24, 2.45) is 0 Å². The Morgan fingerprint density at radius 2 is 1.49 bits per heavy atom. The zero-order valence-electron chi connectivity index (χ0n) is 21.8. The fraction of sp³-hybridized carbons (Fsp3) is 0.731. The third-order valence-electron chi connectivity index (χ3n) is 7.03. The second kappa shape index (κ2) is 13.6. The van der Waals surface area contributed by atoms with Crippen molar-refractivity contribution in [3.8, 4) is 5.75 Å². The lowest BCUT2D eigenvalue weighted by Gasteiger charge is -2.35. The smallest absolute Gasteiger partial charge is 0.248 e. The predicted octanol–water partition coefficient (Wildman–Crippen LogP) is 2.51. The summed E-state index contributed by atoms with van der Waals surface area (Å²) in [5.74, 6) is 0.632. The lowest BCUT2D eigenvalue weighted by atomic mass is 10.1. The molecular weight excluding hydrogens is 466 g/mol. The molecule has 0 radical (unpaired) electrons. The van der Waals surface area contributed by atoms with Crippen LogP contribution < -0.4 is 4.74 Å². The molecule has 2 fully saturated rings. The molecule has 0 N–H and O–H groups in total. The first-order valence-corrected chi connectivity index (χ1v) is 14.6. The minimum absolute atomic E-state index is 0.00863. The number of likely N-dealkylation sites (tertiary alicyclic amines) is 1. The number of aryl methyl sites for hydroxylation is 2. The maximum Gasteiger partial charge on any atom is 0.248 e. The first-order chi connectivity index (χ1) is 16.8. The van der Waals surface area contributed by atoms with Crippen LogP contribution in [0.5, 0.6) is 5.75 Å². The number of benzene rings is 1. The van der Waals surface area contributed by atoms with E-state index >= 15 is 0 Å². The fourth-order valence-corrected chi connectivity index (χ4v) is 6.95. The number of sulfone groups is 1. The van der Waals surface area contributed by atoms with Crippen molar-refractivity contribution < 1.29 is 22.7 Å². The Balaban J connectivity index is 1.30. The van der Waals surface area contributed by atoms with Gasteiger partial charge in [-0.1, -0.05) is 6.42 Å². The Bertz CT molecular complexity index is 900. The summed E-state index contributed by atoms with van der Waals surface area (Å²) in [4.78, 5) is 19.8. The van der Waals surface area contributed by atoms with E-state index < -0.39 is 9.84 Å². The van der Waals surface area contributed by atoms with Gasteiger partial charge in [-0.15, -0.1) is 0 Å². The summed E-state index contributed by atoms with van der Waals surface area (Å²) in [6.07, 6.45) is 5.58. The van der Waals surface area contributed by atoms with Crippen molar-refractivity contribution in [3.05, 3.63) is 23.3 Å². The van der Waals surface area contributed by atoms with Crippen molar-refractivity contribution in [2.75, 3.05) is 78.4 Å². The van der Waals surface area contributed by atoms with Gasteiger partial charge in [-0.25, -0.2) is 8.42 Å². The zero-order chi connectivity index (χ0) is 25.3. The first-order valence-electron chi connectivity index (χ1n) is 13.0. The van der Waals surface area contributed by atoms with Crippen molar-refractivity contribution in [2.45, 2.75) is 50.8 Å². The van der Waals surface area contributed by atoms with E-state index in [0.29, 0.717) is 28.2 Å². The average molecular weight is 510 g/mol. The molecule has 9 heteroatoms.